The van der Waals surface area contributed by atoms with Crippen LogP contribution in [0, 0.1) is 0 Å². The highest BCUT2D eigenvalue weighted by Gasteiger charge is 2.05. The molecule has 0 unspecified atom stereocenters. The molecule has 0 spiro atoms. The number of hydrogen-bond donors (Lipinski definition) is 1. The molecule has 0 bridgehead atoms. The third-order valence-corrected chi connectivity index (χ3v) is 2.09. The zero-order valence-electron chi connectivity index (χ0n) is 7.92. The van der Waals surface area contributed by atoms with Gasteiger partial charge >= 0.3 is 0 Å². The monoisotopic (exact) mass is 243 g/mol. The van der Waals surface area contributed by atoms with Crippen LogP contribution in [0.3, 0.4) is 0 Å². The van der Waals surface area contributed by atoms with E-state index in [1.807, 2.05) is 6.07 Å². The summed E-state index contributed by atoms with van der Waals surface area (Å²) in [5, 5.41) is 0. The molecular weight excluding hydrogens is 230 g/mol. The van der Waals surface area contributed by atoms with Gasteiger partial charge in [-0.05, 0) is 28.5 Å². The standard InChI is InChI=1S/C9H14BrN3/c1-6(2)9-12-7(3-4-11)5-8(10)13-9/h5-6H,3-4,11H2,1-2H3. The second-order valence-corrected chi connectivity index (χ2v) is 4.05. The fourth-order valence-electron chi connectivity index (χ4n) is 1.02. The van der Waals surface area contributed by atoms with Crippen LogP contribution in [-0.4, -0.2) is 16.5 Å². The highest BCUT2D eigenvalue weighted by Crippen LogP contribution is 2.14. The predicted octanol–water partition coefficient (Wildman–Crippen LogP) is 1.86. The van der Waals surface area contributed by atoms with Crippen molar-refractivity contribution in [1.29, 1.82) is 0 Å². The molecule has 0 fully saturated rings. The van der Waals surface area contributed by atoms with E-state index in [4.69, 9.17) is 5.73 Å². The third-order valence-electron chi connectivity index (χ3n) is 1.68. The highest BCUT2D eigenvalue weighted by molar-refractivity contribution is 9.10. The van der Waals surface area contributed by atoms with Crippen LogP contribution < -0.4 is 5.73 Å². The van der Waals surface area contributed by atoms with Crippen molar-refractivity contribution in [3.8, 4) is 0 Å². The quantitative estimate of drug-likeness (QED) is 0.825. The summed E-state index contributed by atoms with van der Waals surface area (Å²) in [7, 11) is 0. The molecule has 1 aromatic rings. The Morgan fingerprint density at radius 3 is 2.69 bits per heavy atom. The molecule has 1 rings (SSSR count). The summed E-state index contributed by atoms with van der Waals surface area (Å²) >= 11 is 3.36. The van der Waals surface area contributed by atoms with E-state index in [2.05, 4.69) is 39.7 Å². The molecule has 0 aliphatic rings. The lowest BCUT2D eigenvalue weighted by Gasteiger charge is -2.06. The Bertz CT molecular complexity index is 286. The van der Waals surface area contributed by atoms with Crippen LogP contribution in [0.1, 0.15) is 31.3 Å². The Labute approximate surface area is 86.9 Å². The van der Waals surface area contributed by atoms with E-state index in [9.17, 15) is 0 Å². The van der Waals surface area contributed by atoms with Crippen molar-refractivity contribution in [2.45, 2.75) is 26.2 Å². The van der Waals surface area contributed by atoms with Crippen LogP contribution in [0.4, 0.5) is 0 Å². The second-order valence-electron chi connectivity index (χ2n) is 3.23. The molecule has 4 heteroatoms. The molecule has 2 N–H and O–H groups in total. The smallest absolute Gasteiger partial charge is 0.132 e. The van der Waals surface area contributed by atoms with Crippen molar-refractivity contribution >= 4 is 15.9 Å². The number of hydrogen-bond acceptors (Lipinski definition) is 3. The fraction of sp³-hybridized carbons (Fsp3) is 0.556. The second kappa shape index (κ2) is 4.67. The average Bonchev–Trinajstić information content (AvgIpc) is 2.03. The van der Waals surface area contributed by atoms with Crippen molar-refractivity contribution in [3.63, 3.8) is 0 Å². The molecule has 0 atom stereocenters. The van der Waals surface area contributed by atoms with Gasteiger partial charge in [0.15, 0.2) is 0 Å². The van der Waals surface area contributed by atoms with Crippen molar-refractivity contribution in [1.82, 2.24) is 9.97 Å². The van der Waals surface area contributed by atoms with Crippen molar-refractivity contribution < 1.29 is 0 Å². The minimum atomic E-state index is 0.356. The number of nitrogens with zero attached hydrogens (tertiary/aromatic N) is 2. The van der Waals surface area contributed by atoms with Crippen LogP contribution >= 0.6 is 15.9 Å². The van der Waals surface area contributed by atoms with Crippen LogP contribution in [0.2, 0.25) is 0 Å². The number of halogens is 1. The molecule has 3 nitrogen and oxygen atoms in total. The summed E-state index contributed by atoms with van der Waals surface area (Å²) in [4.78, 5) is 8.68. The molecule has 0 saturated carbocycles. The summed E-state index contributed by atoms with van der Waals surface area (Å²) in [5.41, 5.74) is 6.47. The molecule has 0 saturated heterocycles. The summed E-state index contributed by atoms with van der Waals surface area (Å²) < 4.78 is 0.842. The zero-order chi connectivity index (χ0) is 9.84. The molecule has 0 radical (unpaired) electrons. The van der Waals surface area contributed by atoms with Crippen molar-refractivity contribution in [2.24, 2.45) is 5.73 Å². The minimum Gasteiger partial charge on any atom is -0.330 e. The van der Waals surface area contributed by atoms with Gasteiger partial charge in [-0.15, -0.1) is 0 Å². The van der Waals surface area contributed by atoms with Crippen LogP contribution in [0.5, 0.6) is 0 Å². The Hall–Kier alpha value is -0.480. The van der Waals surface area contributed by atoms with Gasteiger partial charge in [0.2, 0.25) is 0 Å². The summed E-state index contributed by atoms with van der Waals surface area (Å²) in [6.45, 7) is 4.78. The first kappa shape index (κ1) is 10.6. The first-order valence-electron chi connectivity index (χ1n) is 4.37. The van der Waals surface area contributed by atoms with Crippen LogP contribution in [0.25, 0.3) is 0 Å². The summed E-state index contributed by atoms with van der Waals surface area (Å²) in [6.07, 6.45) is 0.806. The lowest BCUT2D eigenvalue weighted by atomic mass is 10.2. The SMILES string of the molecule is CC(C)c1nc(Br)cc(CCN)n1. The Morgan fingerprint density at radius 2 is 2.15 bits per heavy atom. The van der Waals surface area contributed by atoms with E-state index in [-0.39, 0.29) is 0 Å². The van der Waals surface area contributed by atoms with Gasteiger partial charge in [-0.2, -0.15) is 0 Å². The molecular formula is C9H14BrN3. The Kier molecular flexibility index (Phi) is 3.81. The molecule has 13 heavy (non-hydrogen) atoms. The third kappa shape index (κ3) is 3.04. The molecule has 72 valence electrons. The van der Waals surface area contributed by atoms with Gasteiger partial charge in [-0.1, -0.05) is 13.8 Å². The lowest BCUT2D eigenvalue weighted by Crippen LogP contribution is -2.07. The summed E-state index contributed by atoms with van der Waals surface area (Å²) in [5.74, 6) is 1.23. The van der Waals surface area contributed by atoms with Crippen LogP contribution in [-0.2, 0) is 6.42 Å². The maximum absolute atomic E-state index is 5.46. The van der Waals surface area contributed by atoms with E-state index in [0.29, 0.717) is 12.5 Å². The molecule has 0 aliphatic carbocycles. The minimum absolute atomic E-state index is 0.356. The van der Waals surface area contributed by atoms with Gasteiger partial charge in [0, 0.05) is 18.0 Å². The molecule has 1 heterocycles. The fourth-order valence-corrected chi connectivity index (χ4v) is 1.46. The van der Waals surface area contributed by atoms with E-state index in [1.165, 1.54) is 0 Å². The van der Waals surface area contributed by atoms with E-state index in [1.54, 1.807) is 0 Å². The van der Waals surface area contributed by atoms with Crippen LogP contribution in [0.15, 0.2) is 10.7 Å². The van der Waals surface area contributed by atoms with E-state index in [0.717, 1.165) is 22.5 Å². The highest BCUT2D eigenvalue weighted by atomic mass is 79.9. The van der Waals surface area contributed by atoms with Gasteiger partial charge in [-0.25, -0.2) is 9.97 Å². The van der Waals surface area contributed by atoms with Crippen molar-refractivity contribution in [3.05, 3.63) is 22.2 Å². The molecule has 1 aromatic heterocycles. The Morgan fingerprint density at radius 1 is 1.46 bits per heavy atom. The van der Waals surface area contributed by atoms with Gasteiger partial charge in [-0.3, -0.25) is 0 Å². The van der Waals surface area contributed by atoms with E-state index >= 15 is 0 Å². The first-order valence-corrected chi connectivity index (χ1v) is 5.16. The normalized spacial score (nSPS) is 10.8. The molecule has 0 aromatic carbocycles. The van der Waals surface area contributed by atoms with Gasteiger partial charge in [0.25, 0.3) is 0 Å². The maximum atomic E-state index is 5.46. The molecule has 0 amide bonds. The maximum Gasteiger partial charge on any atom is 0.132 e. The van der Waals surface area contributed by atoms with E-state index < -0.39 is 0 Å². The zero-order valence-corrected chi connectivity index (χ0v) is 9.50. The van der Waals surface area contributed by atoms with Crippen molar-refractivity contribution in [2.75, 3.05) is 6.54 Å². The first-order chi connectivity index (χ1) is 6.13. The van der Waals surface area contributed by atoms with Gasteiger partial charge in [0.05, 0.1) is 0 Å². The van der Waals surface area contributed by atoms with Gasteiger partial charge < -0.3 is 5.73 Å². The Balaban J connectivity index is 2.96. The number of rotatable bonds is 3. The van der Waals surface area contributed by atoms with Gasteiger partial charge in [0.1, 0.15) is 10.4 Å². The predicted molar refractivity (Wildman–Crippen MR) is 56.6 cm³/mol. The average molecular weight is 244 g/mol. The summed E-state index contributed by atoms with van der Waals surface area (Å²) in [6, 6.07) is 1.92. The topological polar surface area (TPSA) is 51.8 Å². The number of nitrogens with two attached hydrogens (primary N) is 1. The molecule has 0 aliphatic heterocycles. The largest absolute Gasteiger partial charge is 0.330 e. The number of aromatic nitrogens is 2. The lowest BCUT2D eigenvalue weighted by molar-refractivity contribution is 0.748.